The Kier molecular flexibility index (Phi) is 6.68. The van der Waals surface area contributed by atoms with Crippen LogP contribution in [0.2, 0.25) is 0 Å². The molecule has 0 radical (unpaired) electrons. The van der Waals surface area contributed by atoms with Crippen LogP contribution >= 0.6 is 0 Å². The van der Waals surface area contributed by atoms with Gasteiger partial charge in [-0.1, -0.05) is 18.2 Å². The fourth-order valence-corrected chi connectivity index (χ4v) is 4.65. The Morgan fingerprint density at radius 3 is 2.26 bits per heavy atom. The number of rotatable bonds is 9. The Morgan fingerprint density at radius 1 is 1.03 bits per heavy atom. The van der Waals surface area contributed by atoms with Gasteiger partial charge in [0.15, 0.2) is 0 Å². The first-order chi connectivity index (χ1) is 16.7. The number of para-hydroxylation sites is 1. The van der Waals surface area contributed by atoms with Crippen LogP contribution in [-0.4, -0.2) is 51.1 Å². The third-order valence-electron chi connectivity index (χ3n) is 5.27. The first kappa shape index (κ1) is 24.1. The lowest BCUT2D eigenvalue weighted by atomic mass is 10.0. The van der Waals surface area contributed by atoms with Crippen molar-refractivity contribution in [3.63, 3.8) is 0 Å². The number of sulfonamides is 1. The number of carbonyl (C=O) groups is 1. The van der Waals surface area contributed by atoms with Gasteiger partial charge in [-0.2, -0.15) is 0 Å². The van der Waals surface area contributed by atoms with E-state index in [4.69, 9.17) is 13.9 Å². The van der Waals surface area contributed by atoms with E-state index in [1.165, 1.54) is 19.2 Å². The minimum atomic E-state index is -3.76. The van der Waals surface area contributed by atoms with Crippen molar-refractivity contribution in [3.05, 3.63) is 72.3 Å². The van der Waals surface area contributed by atoms with Gasteiger partial charge in [0, 0.05) is 17.0 Å². The number of carboxylic acids is 1. The number of aliphatic hydroxyl groups excluding tert-OH is 1. The lowest BCUT2D eigenvalue weighted by Crippen LogP contribution is -2.32. The van der Waals surface area contributed by atoms with Crippen molar-refractivity contribution >= 4 is 32.6 Å². The molecule has 0 unspecified atom stereocenters. The molecule has 0 aliphatic heterocycles. The molecule has 10 heteroatoms. The van der Waals surface area contributed by atoms with Gasteiger partial charge in [0.2, 0.25) is 10.0 Å². The van der Waals surface area contributed by atoms with Crippen LogP contribution in [-0.2, 0) is 10.0 Å². The van der Waals surface area contributed by atoms with Gasteiger partial charge >= 0.3 is 5.97 Å². The molecular formula is C25H23NO8S. The van der Waals surface area contributed by atoms with Crippen molar-refractivity contribution in [2.24, 2.45) is 0 Å². The van der Waals surface area contributed by atoms with Crippen molar-refractivity contribution in [1.29, 1.82) is 0 Å². The number of anilines is 1. The second-order valence-electron chi connectivity index (χ2n) is 7.63. The van der Waals surface area contributed by atoms with Gasteiger partial charge in [0.25, 0.3) is 0 Å². The van der Waals surface area contributed by atoms with E-state index >= 15 is 0 Å². The largest absolute Gasteiger partial charge is 0.495 e. The fraction of sp³-hybridized carbons (Fsp3) is 0.160. The highest BCUT2D eigenvalue weighted by Crippen LogP contribution is 2.41. The molecule has 9 nitrogen and oxygen atoms in total. The van der Waals surface area contributed by atoms with Gasteiger partial charge in [-0.05, 0) is 42.5 Å². The Balaban J connectivity index is 1.81. The van der Waals surface area contributed by atoms with Crippen molar-refractivity contribution in [2.75, 3.05) is 30.8 Å². The molecule has 0 aliphatic rings. The van der Waals surface area contributed by atoms with E-state index in [9.17, 15) is 23.4 Å². The molecule has 0 fully saturated rings. The molecule has 35 heavy (non-hydrogen) atoms. The Bertz CT molecular complexity index is 1460. The van der Waals surface area contributed by atoms with Crippen LogP contribution in [0.1, 0.15) is 10.4 Å². The van der Waals surface area contributed by atoms with E-state index in [0.29, 0.717) is 17.1 Å². The summed E-state index contributed by atoms with van der Waals surface area (Å²) in [5.41, 5.74) is 0.689. The molecule has 1 aromatic heterocycles. The summed E-state index contributed by atoms with van der Waals surface area (Å²) in [6.07, 6.45) is 1.00. The number of methoxy groups -OCH3 is 1. The van der Waals surface area contributed by atoms with Gasteiger partial charge in [-0.3, -0.25) is 4.31 Å². The zero-order valence-corrected chi connectivity index (χ0v) is 19.8. The zero-order valence-electron chi connectivity index (χ0n) is 19.0. The average molecular weight is 498 g/mol. The number of nitrogens with zero attached hydrogens (tertiary/aromatic N) is 1. The smallest absolute Gasteiger partial charge is 0.340 e. The van der Waals surface area contributed by atoms with Crippen LogP contribution in [0.15, 0.2) is 71.1 Å². The molecule has 0 atom stereocenters. The summed E-state index contributed by atoms with van der Waals surface area (Å²) in [5, 5.41) is 19.6. The van der Waals surface area contributed by atoms with Crippen LogP contribution in [0, 0.1) is 0 Å². The monoisotopic (exact) mass is 497 g/mol. The van der Waals surface area contributed by atoms with Crippen molar-refractivity contribution in [2.45, 2.75) is 0 Å². The van der Waals surface area contributed by atoms with Crippen molar-refractivity contribution in [3.8, 4) is 28.6 Å². The van der Waals surface area contributed by atoms with Crippen molar-refractivity contribution < 1.29 is 37.3 Å². The first-order valence-corrected chi connectivity index (χ1v) is 12.4. The number of hydrogen-bond donors (Lipinski definition) is 2. The SMILES string of the molecule is COc1cc2c(C(=O)O)c(-c3ccc(Oc4ccccc4)cc3)oc2cc1N(CCO)S(C)(=O)=O. The maximum atomic E-state index is 12.3. The average Bonchev–Trinajstić information content (AvgIpc) is 3.20. The third-order valence-corrected chi connectivity index (χ3v) is 6.45. The second-order valence-corrected chi connectivity index (χ2v) is 9.54. The Hall–Kier alpha value is -4.02. The molecular weight excluding hydrogens is 474 g/mol. The van der Waals surface area contributed by atoms with Crippen LogP contribution in [0.4, 0.5) is 5.69 Å². The standard InChI is InChI=1S/C25H23NO8S/c1-32-22-14-19-21(15-20(22)26(12-13-27)35(2,30)31)34-24(23(19)25(28)29)16-8-10-18(11-9-16)33-17-6-4-3-5-7-17/h3-11,14-15,27H,12-13H2,1-2H3,(H,28,29). The number of fused-ring (bicyclic) bond motifs is 1. The van der Waals surface area contributed by atoms with Crippen LogP contribution in [0.25, 0.3) is 22.3 Å². The predicted octanol–water partition coefficient (Wildman–Crippen LogP) is 4.36. The molecule has 4 rings (SSSR count). The number of hydrogen-bond acceptors (Lipinski definition) is 7. The third kappa shape index (κ3) is 4.93. The lowest BCUT2D eigenvalue weighted by molar-refractivity contribution is 0.0699. The number of benzene rings is 3. The molecule has 0 bridgehead atoms. The van der Waals surface area contributed by atoms with Crippen LogP contribution in [0.5, 0.6) is 17.2 Å². The summed E-state index contributed by atoms with van der Waals surface area (Å²) in [5.74, 6) is 0.232. The van der Waals surface area contributed by atoms with E-state index < -0.39 is 22.6 Å². The number of aromatic carboxylic acids is 1. The van der Waals surface area contributed by atoms with E-state index in [2.05, 4.69) is 0 Å². The quantitative estimate of drug-likeness (QED) is 0.349. The molecule has 3 aromatic carbocycles. The minimum absolute atomic E-state index is 0.0883. The molecule has 0 spiro atoms. The minimum Gasteiger partial charge on any atom is -0.495 e. The summed E-state index contributed by atoms with van der Waals surface area (Å²) in [6, 6.07) is 18.8. The van der Waals surface area contributed by atoms with Crippen molar-refractivity contribution in [1.82, 2.24) is 0 Å². The van der Waals surface area contributed by atoms with E-state index in [1.54, 1.807) is 24.3 Å². The number of ether oxygens (including phenoxy) is 2. The van der Waals surface area contributed by atoms with Gasteiger partial charge in [0.05, 0.1) is 32.2 Å². The summed E-state index contributed by atoms with van der Waals surface area (Å²) < 4.78 is 42.7. The van der Waals surface area contributed by atoms with Gasteiger partial charge in [-0.15, -0.1) is 0 Å². The number of furan rings is 1. The molecule has 0 amide bonds. The number of carboxylic acid groups (broad SMARTS) is 1. The Labute approximate surface area is 201 Å². The molecule has 0 saturated heterocycles. The fourth-order valence-electron chi connectivity index (χ4n) is 3.74. The first-order valence-electron chi connectivity index (χ1n) is 10.5. The van der Waals surface area contributed by atoms with Gasteiger partial charge < -0.3 is 24.1 Å². The van der Waals surface area contributed by atoms with Gasteiger partial charge in [0.1, 0.15) is 34.2 Å². The normalized spacial score (nSPS) is 11.4. The summed E-state index contributed by atoms with van der Waals surface area (Å²) >= 11 is 0. The van der Waals surface area contributed by atoms with E-state index in [-0.39, 0.29) is 40.3 Å². The second kappa shape index (κ2) is 9.69. The highest BCUT2D eigenvalue weighted by Gasteiger charge is 2.27. The van der Waals surface area contributed by atoms with E-state index in [0.717, 1.165) is 10.6 Å². The van der Waals surface area contributed by atoms with Crippen LogP contribution in [0.3, 0.4) is 0 Å². The molecule has 1 heterocycles. The topological polar surface area (TPSA) is 127 Å². The molecule has 0 aliphatic carbocycles. The summed E-state index contributed by atoms with van der Waals surface area (Å²) in [7, 11) is -2.42. The Morgan fingerprint density at radius 2 is 1.69 bits per heavy atom. The maximum absolute atomic E-state index is 12.3. The van der Waals surface area contributed by atoms with Gasteiger partial charge in [-0.25, -0.2) is 13.2 Å². The zero-order chi connectivity index (χ0) is 25.2. The van der Waals surface area contributed by atoms with Crippen LogP contribution < -0.4 is 13.8 Å². The molecule has 2 N–H and O–H groups in total. The highest BCUT2D eigenvalue weighted by atomic mass is 32.2. The lowest BCUT2D eigenvalue weighted by Gasteiger charge is -2.23. The molecule has 4 aromatic rings. The molecule has 0 saturated carbocycles. The highest BCUT2D eigenvalue weighted by molar-refractivity contribution is 7.92. The predicted molar refractivity (Wildman–Crippen MR) is 131 cm³/mol. The summed E-state index contributed by atoms with van der Waals surface area (Å²) in [4.78, 5) is 12.2. The molecule has 182 valence electrons. The number of aliphatic hydroxyl groups is 1. The van der Waals surface area contributed by atoms with E-state index in [1.807, 2.05) is 30.3 Å². The summed E-state index contributed by atoms with van der Waals surface area (Å²) in [6.45, 7) is -0.627. The maximum Gasteiger partial charge on any atom is 0.340 e.